The van der Waals surface area contributed by atoms with E-state index in [-0.39, 0.29) is 4.75 Å². The lowest BCUT2D eigenvalue weighted by Gasteiger charge is -2.16. The average molecular weight is 165 g/mol. The van der Waals surface area contributed by atoms with E-state index in [1.54, 1.807) is 0 Å². The molecule has 0 rings (SSSR count). The summed E-state index contributed by atoms with van der Waals surface area (Å²) in [5.41, 5.74) is 0. The summed E-state index contributed by atoms with van der Waals surface area (Å²) in [5.74, 6) is 0.332. The van der Waals surface area contributed by atoms with Crippen LogP contribution < -0.4 is 5.32 Å². The lowest BCUT2D eigenvalue weighted by atomic mass is 10.3. The summed E-state index contributed by atoms with van der Waals surface area (Å²) in [7, 11) is 0. The van der Waals surface area contributed by atoms with Crippen LogP contribution in [0.4, 0.5) is 9.18 Å². The Bertz CT molecular complexity index is 121. The number of carbonyl (C=O) groups is 1. The van der Waals surface area contributed by atoms with Gasteiger partial charge < -0.3 is 5.32 Å². The van der Waals surface area contributed by atoms with E-state index in [1.165, 1.54) is 11.8 Å². The average Bonchev–Trinajstić information content (AvgIpc) is 1.59. The summed E-state index contributed by atoms with van der Waals surface area (Å²) in [6, 6.07) is 0. The Morgan fingerprint density at radius 3 is 2.40 bits per heavy atom. The molecule has 0 atom stereocenters. The third-order valence-corrected chi connectivity index (χ3v) is 1.87. The van der Waals surface area contributed by atoms with E-state index < -0.39 is 6.16 Å². The molecule has 0 saturated heterocycles. The van der Waals surface area contributed by atoms with Gasteiger partial charge in [-0.05, 0) is 0 Å². The van der Waals surface area contributed by atoms with Crippen molar-refractivity contribution in [2.24, 2.45) is 0 Å². The summed E-state index contributed by atoms with van der Waals surface area (Å²) in [6.07, 6.45) is -1.46. The minimum Gasteiger partial charge on any atom is -0.319 e. The SMILES string of the molecule is CC(C)(C)SCNC(=O)F. The van der Waals surface area contributed by atoms with Crippen molar-refractivity contribution in [3.05, 3.63) is 0 Å². The van der Waals surface area contributed by atoms with Gasteiger partial charge in [0.1, 0.15) is 0 Å². The molecule has 0 spiro atoms. The molecule has 0 aliphatic rings. The van der Waals surface area contributed by atoms with Gasteiger partial charge in [-0.15, -0.1) is 16.2 Å². The highest BCUT2D eigenvalue weighted by Crippen LogP contribution is 2.21. The van der Waals surface area contributed by atoms with E-state index in [0.29, 0.717) is 5.88 Å². The van der Waals surface area contributed by atoms with Gasteiger partial charge >= 0.3 is 6.16 Å². The van der Waals surface area contributed by atoms with Crippen molar-refractivity contribution in [1.82, 2.24) is 5.32 Å². The molecule has 0 aliphatic heterocycles. The maximum atomic E-state index is 11.5. The molecule has 0 aliphatic carbocycles. The molecule has 10 heavy (non-hydrogen) atoms. The topological polar surface area (TPSA) is 29.1 Å². The molecule has 0 radical (unpaired) electrons. The number of hydrogen-bond acceptors (Lipinski definition) is 2. The van der Waals surface area contributed by atoms with Gasteiger partial charge in [-0.2, -0.15) is 0 Å². The summed E-state index contributed by atoms with van der Waals surface area (Å²) in [5, 5.41) is 2.06. The van der Waals surface area contributed by atoms with Crippen molar-refractivity contribution in [3.63, 3.8) is 0 Å². The summed E-state index contributed by atoms with van der Waals surface area (Å²) in [6.45, 7) is 6.01. The molecule has 1 N–H and O–H groups in total. The van der Waals surface area contributed by atoms with Gasteiger partial charge in [-0.25, -0.2) is 4.79 Å². The van der Waals surface area contributed by atoms with Crippen LogP contribution in [0.1, 0.15) is 20.8 Å². The van der Waals surface area contributed by atoms with Gasteiger partial charge in [-0.1, -0.05) is 20.8 Å². The molecule has 0 heterocycles. The molecular formula is C6H12FNOS. The minimum atomic E-state index is -1.46. The fourth-order valence-corrected chi connectivity index (χ4v) is 0.928. The molecule has 4 heteroatoms. The van der Waals surface area contributed by atoms with Gasteiger partial charge in [0.2, 0.25) is 0 Å². The third kappa shape index (κ3) is 7.75. The maximum Gasteiger partial charge on any atom is 0.398 e. The molecule has 0 bridgehead atoms. The van der Waals surface area contributed by atoms with E-state index in [2.05, 4.69) is 5.32 Å². The van der Waals surface area contributed by atoms with Crippen LogP contribution in [0.2, 0.25) is 0 Å². The molecule has 2 nitrogen and oxygen atoms in total. The Balaban J connectivity index is 3.29. The molecule has 1 amide bonds. The second-order valence-electron chi connectivity index (χ2n) is 2.85. The minimum absolute atomic E-state index is 0.0719. The van der Waals surface area contributed by atoms with E-state index >= 15 is 0 Å². The van der Waals surface area contributed by atoms with Gasteiger partial charge in [0.25, 0.3) is 0 Å². The van der Waals surface area contributed by atoms with Crippen LogP contribution in [0.15, 0.2) is 0 Å². The monoisotopic (exact) mass is 165 g/mol. The van der Waals surface area contributed by atoms with Crippen LogP contribution in [0.3, 0.4) is 0 Å². The Kier molecular flexibility index (Phi) is 3.71. The van der Waals surface area contributed by atoms with Crippen LogP contribution in [0, 0.1) is 0 Å². The van der Waals surface area contributed by atoms with E-state index in [1.807, 2.05) is 20.8 Å². The van der Waals surface area contributed by atoms with Crippen molar-refractivity contribution < 1.29 is 9.18 Å². The van der Waals surface area contributed by atoms with Crippen LogP contribution in [-0.4, -0.2) is 16.8 Å². The Labute approximate surface area is 64.6 Å². The molecule has 0 aromatic rings. The van der Waals surface area contributed by atoms with Crippen molar-refractivity contribution in [1.29, 1.82) is 0 Å². The second-order valence-corrected chi connectivity index (χ2v) is 4.65. The van der Waals surface area contributed by atoms with Crippen LogP contribution in [0.5, 0.6) is 0 Å². The Hall–Kier alpha value is -0.250. The number of nitrogens with one attached hydrogen (secondary N) is 1. The molecule has 60 valence electrons. The first-order valence-electron chi connectivity index (χ1n) is 2.99. The molecule has 0 aromatic heterocycles. The number of carbonyl (C=O) groups excluding carboxylic acids is 1. The van der Waals surface area contributed by atoms with Crippen molar-refractivity contribution in [3.8, 4) is 0 Å². The number of rotatable bonds is 2. The Morgan fingerprint density at radius 1 is 1.60 bits per heavy atom. The van der Waals surface area contributed by atoms with Gasteiger partial charge in [0.15, 0.2) is 0 Å². The van der Waals surface area contributed by atoms with Gasteiger partial charge in [0.05, 0.1) is 5.88 Å². The quantitative estimate of drug-likeness (QED) is 0.386. The molecule has 0 aromatic carbocycles. The molecule has 0 fully saturated rings. The van der Waals surface area contributed by atoms with Crippen LogP contribution in [-0.2, 0) is 0 Å². The fourth-order valence-electron chi connectivity index (χ4n) is 0.309. The van der Waals surface area contributed by atoms with Gasteiger partial charge in [-0.3, -0.25) is 0 Å². The van der Waals surface area contributed by atoms with Crippen molar-refractivity contribution in [2.75, 3.05) is 5.88 Å². The number of halogens is 1. The highest BCUT2D eigenvalue weighted by molar-refractivity contribution is 8.00. The number of amides is 1. The molecule has 0 saturated carbocycles. The summed E-state index contributed by atoms with van der Waals surface area (Å²) < 4.78 is 11.6. The lowest BCUT2D eigenvalue weighted by Crippen LogP contribution is -2.20. The first kappa shape index (κ1) is 9.75. The van der Waals surface area contributed by atoms with Gasteiger partial charge in [0, 0.05) is 4.75 Å². The number of hydrogen-bond donors (Lipinski definition) is 1. The number of thioether (sulfide) groups is 1. The second kappa shape index (κ2) is 3.81. The summed E-state index contributed by atoms with van der Waals surface area (Å²) in [4.78, 5) is 9.74. The first-order chi connectivity index (χ1) is 4.42. The predicted molar refractivity (Wildman–Crippen MR) is 41.9 cm³/mol. The third-order valence-electron chi connectivity index (χ3n) is 0.716. The summed E-state index contributed by atoms with van der Waals surface area (Å²) >= 11 is 1.49. The van der Waals surface area contributed by atoms with Crippen molar-refractivity contribution >= 4 is 17.9 Å². The smallest absolute Gasteiger partial charge is 0.319 e. The van der Waals surface area contributed by atoms with Crippen molar-refractivity contribution in [2.45, 2.75) is 25.5 Å². The molecular weight excluding hydrogens is 153 g/mol. The standard InChI is InChI=1S/C6H12FNOS/c1-6(2,3)10-4-8-5(7)9/h4H2,1-3H3,(H,8,9). The highest BCUT2D eigenvalue weighted by Gasteiger charge is 2.09. The molecule has 0 unspecified atom stereocenters. The van der Waals surface area contributed by atoms with E-state index in [9.17, 15) is 9.18 Å². The maximum absolute atomic E-state index is 11.5. The largest absolute Gasteiger partial charge is 0.398 e. The van der Waals surface area contributed by atoms with Crippen LogP contribution >= 0.6 is 11.8 Å². The fraction of sp³-hybridized carbons (Fsp3) is 0.833. The first-order valence-corrected chi connectivity index (χ1v) is 3.98. The van der Waals surface area contributed by atoms with Crippen LogP contribution in [0.25, 0.3) is 0 Å². The lowest BCUT2D eigenvalue weighted by molar-refractivity contribution is 0.223. The predicted octanol–water partition coefficient (Wildman–Crippen LogP) is 2.15. The van der Waals surface area contributed by atoms with E-state index in [4.69, 9.17) is 0 Å². The highest BCUT2D eigenvalue weighted by atomic mass is 32.2. The normalized spacial score (nSPS) is 11.2. The zero-order chi connectivity index (χ0) is 8.20. The zero-order valence-electron chi connectivity index (χ0n) is 6.40. The van der Waals surface area contributed by atoms with E-state index in [0.717, 1.165) is 0 Å². The zero-order valence-corrected chi connectivity index (χ0v) is 7.22. The Morgan fingerprint density at radius 2 is 2.10 bits per heavy atom.